The molecule has 0 bridgehead atoms. The summed E-state index contributed by atoms with van der Waals surface area (Å²) < 4.78 is 5.67. The molecule has 1 aromatic heterocycles. The Kier molecular flexibility index (Phi) is 5.45. The quantitative estimate of drug-likeness (QED) is 0.779. The first-order valence-electron chi connectivity index (χ1n) is 7.65. The van der Waals surface area contributed by atoms with Crippen LogP contribution in [0.5, 0.6) is 0 Å². The molecule has 0 spiro atoms. The molecule has 0 fully saturated rings. The highest BCUT2D eigenvalue weighted by molar-refractivity contribution is 5.50. The molecule has 0 aliphatic heterocycles. The molecule has 1 N–H and O–H groups in total. The molecule has 1 heterocycles. The molecular weight excluding hydrogens is 260 g/mol. The Hall–Kier alpha value is -1.74. The lowest BCUT2D eigenvalue weighted by molar-refractivity contribution is 0.499. The van der Waals surface area contributed by atoms with Crippen LogP contribution in [0.15, 0.2) is 34.9 Å². The van der Waals surface area contributed by atoms with Gasteiger partial charge in [0.15, 0.2) is 0 Å². The lowest BCUT2D eigenvalue weighted by Crippen LogP contribution is -2.19. The van der Waals surface area contributed by atoms with E-state index < -0.39 is 0 Å². The first kappa shape index (κ1) is 15.6. The standard InChI is InChI=1S/C18H26N2O/c1-5-7-19-12-16-6-8-21-18(16)13-20(4)17-10-14(2)9-15(3)11-17/h6,8-11,19H,5,7,12-13H2,1-4H3. The summed E-state index contributed by atoms with van der Waals surface area (Å²) in [6.45, 7) is 9.16. The first-order chi connectivity index (χ1) is 10.1. The van der Waals surface area contributed by atoms with E-state index in [-0.39, 0.29) is 0 Å². The van der Waals surface area contributed by atoms with Crippen molar-refractivity contribution in [2.24, 2.45) is 0 Å². The highest BCUT2D eigenvalue weighted by Gasteiger charge is 2.10. The van der Waals surface area contributed by atoms with E-state index in [0.29, 0.717) is 0 Å². The Morgan fingerprint density at radius 3 is 2.52 bits per heavy atom. The van der Waals surface area contributed by atoms with Crippen LogP contribution in [0.1, 0.15) is 35.8 Å². The van der Waals surface area contributed by atoms with Gasteiger partial charge in [0, 0.05) is 24.8 Å². The summed E-state index contributed by atoms with van der Waals surface area (Å²) in [5, 5.41) is 3.43. The van der Waals surface area contributed by atoms with E-state index in [2.05, 4.69) is 62.3 Å². The summed E-state index contributed by atoms with van der Waals surface area (Å²) >= 11 is 0. The summed E-state index contributed by atoms with van der Waals surface area (Å²) in [4.78, 5) is 2.24. The zero-order valence-electron chi connectivity index (χ0n) is 13.6. The van der Waals surface area contributed by atoms with Gasteiger partial charge in [0.1, 0.15) is 5.76 Å². The van der Waals surface area contributed by atoms with E-state index in [1.807, 2.05) is 0 Å². The van der Waals surface area contributed by atoms with Crippen LogP contribution in [0.25, 0.3) is 0 Å². The van der Waals surface area contributed by atoms with Crippen molar-refractivity contribution < 1.29 is 4.42 Å². The van der Waals surface area contributed by atoms with Gasteiger partial charge < -0.3 is 14.6 Å². The van der Waals surface area contributed by atoms with Crippen molar-refractivity contribution in [3.8, 4) is 0 Å². The molecule has 0 aliphatic rings. The number of nitrogens with one attached hydrogen (secondary N) is 1. The number of hydrogen-bond donors (Lipinski definition) is 1. The fourth-order valence-electron chi connectivity index (χ4n) is 2.54. The third-order valence-corrected chi connectivity index (χ3v) is 3.61. The van der Waals surface area contributed by atoms with E-state index in [4.69, 9.17) is 4.42 Å². The molecule has 0 unspecified atom stereocenters. The van der Waals surface area contributed by atoms with Gasteiger partial charge in [-0.25, -0.2) is 0 Å². The van der Waals surface area contributed by atoms with Crippen molar-refractivity contribution in [3.63, 3.8) is 0 Å². The highest BCUT2D eigenvalue weighted by Crippen LogP contribution is 2.21. The second-order valence-electron chi connectivity index (χ2n) is 5.75. The minimum Gasteiger partial charge on any atom is -0.467 e. The molecule has 0 saturated carbocycles. The van der Waals surface area contributed by atoms with Crippen molar-refractivity contribution in [1.82, 2.24) is 5.32 Å². The number of aryl methyl sites for hydroxylation is 2. The fraction of sp³-hybridized carbons (Fsp3) is 0.444. The molecule has 3 heteroatoms. The molecule has 0 aliphatic carbocycles. The predicted octanol–water partition coefficient (Wildman–Crippen LogP) is 4.03. The molecule has 21 heavy (non-hydrogen) atoms. The molecule has 1 aromatic carbocycles. The smallest absolute Gasteiger partial charge is 0.127 e. The van der Waals surface area contributed by atoms with E-state index >= 15 is 0 Å². The third-order valence-electron chi connectivity index (χ3n) is 3.61. The van der Waals surface area contributed by atoms with Crippen molar-refractivity contribution in [1.29, 1.82) is 0 Å². The van der Waals surface area contributed by atoms with Crippen LogP contribution in [0, 0.1) is 13.8 Å². The van der Waals surface area contributed by atoms with E-state index in [1.54, 1.807) is 6.26 Å². The topological polar surface area (TPSA) is 28.4 Å². The number of rotatable bonds is 7. The normalized spacial score (nSPS) is 10.9. The average Bonchev–Trinajstić information content (AvgIpc) is 2.85. The Bertz CT molecular complexity index is 554. The maximum atomic E-state index is 5.67. The van der Waals surface area contributed by atoms with Crippen LogP contribution in [0.2, 0.25) is 0 Å². The maximum absolute atomic E-state index is 5.67. The summed E-state index contributed by atoms with van der Waals surface area (Å²) in [7, 11) is 2.11. The zero-order valence-corrected chi connectivity index (χ0v) is 13.6. The molecule has 114 valence electrons. The highest BCUT2D eigenvalue weighted by atomic mass is 16.3. The lowest BCUT2D eigenvalue weighted by atomic mass is 10.1. The Morgan fingerprint density at radius 1 is 1.14 bits per heavy atom. The minimum atomic E-state index is 0.791. The summed E-state index contributed by atoms with van der Waals surface area (Å²) in [5.41, 5.74) is 5.07. The molecule has 0 amide bonds. The monoisotopic (exact) mass is 286 g/mol. The van der Waals surface area contributed by atoms with Gasteiger partial charge in [0.2, 0.25) is 0 Å². The maximum Gasteiger partial charge on any atom is 0.127 e. The average molecular weight is 286 g/mol. The van der Waals surface area contributed by atoms with Gasteiger partial charge in [-0.1, -0.05) is 13.0 Å². The van der Waals surface area contributed by atoms with Crippen molar-refractivity contribution in [3.05, 3.63) is 53.0 Å². The second kappa shape index (κ2) is 7.32. The van der Waals surface area contributed by atoms with Crippen LogP contribution in [0.3, 0.4) is 0 Å². The number of nitrogens with zero attached hydrogens (tertiary/aromatic N) is 1. The molecule has 0 atom stereocenters. The van der Waals surface area contributed by atoms with Crippen LogP contribution < -0.4 is 10.2 Å². The number of hydrogen-bond acceptors (Lipinski definition) is 3. The number of anilines is 1. The van der Waals surface area contributed by atoms with Crippen LogP contribution in [-0.2, 0) is 13.1 Å². The van der Waals surface area contributed by atoms with Crippen LogP contribution in [-0.4, -0.2) is 13.6 Å². The Balaban J connectivity index is 2.05. The van der Waals surface area contributed by atoms with Crippen molar-refractivity contribution in [2.45, 2.75) is 40.3 Å². The summed E-state index contributed by atoms with van der Waals surface area (Å²) in [6, 6.07) is 8.69. The predicted molar refractivity (Wildman–Crippen MR) is 88.7 cm³/mol. The second-order valence-corrected chi connectivity index (χ2v) is 5.75. The van der Waals surface area contributed by atoms with Gasteiger partial charge in [-0.05, 0) is 56.1 Å². The van der Waals surface area contributed by atoms with Crippen molar-refractivity contribution >= 4 is 5.69 Å². The molecule has 0 saturated heterocycles. The number of benzene rings is 1. The SMILES string of the molecule is CCCNCc1ccoc1CN(C)c1cc(C)cc(C)c1. The molecule has 0 radical (unpaired) electrons. The van der Waals surface area contributed by atoms with E-state index in [9.17, 15) is 0 Å². The summed E-state index contributed by atoms with van der Waals surface area (Å²) in [6.07, 6.45) is 2.93. The number of furan rings is 1. The Labute approximate surface area is 128 Å². The van der Waals surface area contributed by atoms with E-state index in [0.717, 1.165) is 31.8 Å². The van der Waals surface area contributed by atoms with Gasteiger partial charge in [-0.3, -0.25) is 0 Å². The van der Waals surface area contributed by atoms with Gasteiger partial charge in [-0.2, -0.15) is 0 Å². The first-order valence-corrected chi connectivity index (χ1v) is 7.65. The minimum absolute atomic E-state index is 0.791. The Morgan fingerprint density at radius 2 is 1.86 bits per heavy atom. The largest absolute Gasteiger partial charge is 0.467 e. The third kappa shape index (κ3) is 4.36. The van der Waals surface area contributed by atoms with E-state index in [1.165, 1.54) is 22.4 Å². The molecule has 2 aromatic rings. The van der Waals surface area contributed by atoms with Gasteiger partial charge in [0.05, 0.1) is 12.8 Å². The van der Waals surface area contributed by atoms with Crippen molar-refractivity contribution in [2.75, 3.05) is 18.5 Å². The summed E-state index contributed by atoms with van der Waals surface area (Å²) in [5.74, 6) is 1.04. The zero-order chi connectivity index (χ0) is 15.2. The fourth-order valence-corrected chi connectivity index (χ4v) is 2.54. The molecule has 3 nitrogen and oxygen atoms in total. The van der Waals surface area contributed by atoms with Gasteiger partial charge in [-0.15, -0.1) is 0 Å². The van der Waals surface area contributed by atoms with Gasteiger partial charge in [0.25, 0.3) is 0 Å². The molecule has 2 rings (SSSR count). The molecular formula is C18H26N2O. The van der Waals surface area contributed by atoms with Crippen LogP contribution in [0.4, 0.5) is 5.69 Å². The van der Waals surface area contributed by atoms with Gasteiger partial charge >= 0.3 is 0 Å². The lowest BCUT2D eigenvalue weighted by Gasteiger charge is -2.20. The van der Waals surface area contributed by atoms with Crippen LogP contribution >= 0.6 is 0 Å².